The molecule has 1 aromatic heterocycles. The van der Waals surface area contributed by atoms with Crippen LogP contribution in [0.2, 0.25) is 0 Å². The smallest absolute Gasteiger partial charge is 1.00 e. The van der Waals surface area contributed by atoms with E-state index in [1.54, 1.807) is 18.2 Å². The monoisotopic (exact) mass is 574 g/mol. The second kappa shape index (κ2) is 19.9. The SMILES string of the molecule is CC(=O)c1cccc(C(C)=O)n1.N=C1CC=CC=C1CCl.N=C1CC=CC=C1CCl.[Cl-].[Cl-].[Co+2]. The van der Waals surface area contributed by atoms with Crippen molar-refractivity contribution in [2.45, 2.75) is 26.7 Å². The molecule has 0 atom stereocenters. The van der Waals surface area contributed by atoms with Crippen LogP contribution in [-0.4, -0.2) is 39.7 Å². The molecule has 0 saturated carbocycles. The molecule has 2 aliphatic rings. The predicted octanol–water partition coefficient (Wildman–Crippen LogP) is -0.245. The molecule has 0 bridgehead atoms. The molecule has 33 heavy (non-hydrogen) atoms. The fraction of sp³-hybridized carbons (Fsp3) is 0.261. The van der Waals surface area contributed by atoms with Gasteiger partial charge in [0.05, 0.1) is 0 Å². The number of aromatic nitrogens is 1. The third kappa shape index (κ3) is 13.7. The maximum atomic E-state index is 10.8. The van der Waals surface area contributed by atoms with Crippen LogP contribution in [0.25, 0.3) is 0 Å². The molecule has 0 aliphatic heterocycles. The molecular weight excluding hydrogens is 551 g/mol. The number of hydrogen-bond acceptors (Lipinski definition) is 5. The zero-order valence-corrected chi connectivity index (χ0v) is 22.2. The van der Waals surface area contributed by atoms with Crippen LogP contribution < -0.4 is 24.8 Å². The zero-order chi connectivity index (χ0) is 22.5. The molecule has 1 radical (unpaired) electrons. The summed E-state index contributed by atoms with van der Waals surface area (Å²) in [7, 11) is 0. The maximum Gasteiger partial charge on any atom is 2.00 e. The van der Waals surface area contributed by atoms with E-state index < -0.39 is 0 Å². The number of hydrogen-bond donors (Lipinski definition) is 2. The largest absolute Gasteiger partial charge is 2.00 e. The van der Waals surface area contributed by atoms with Crippen molar-refractivity contribution in [3.05, 3.63) is 77.2 Å². The van der Waals surface area contributed by atoms with Crippen molar-refractivity contribution in [1.29, 1.82) is 10.8 Å². The number of halogens is 4. The number of Topliss-reactive ketones (excluding diaryl/α,β-unsaturated/α-hetero) is 2. The summed E-state index contributed by atoms with van der Waals surface area (Å²) in [5, 5.41) is 14.7. The van der Waals surface area contributed by atoms with Crippen LogP contribution in [0.3, 0.4) is 0 Å². The van der Waals surface area contributed by atoms with Crippen LogP contribution >= 0.6 is 23.2 Å². The van der Waals surface area contributed by atoms with E-state index in [-0.39, 0.29) is 53.2 Å². The molecule has 3 rings (SSSR count). The molecule has 0 fully saturated rings. The van der Waals surface area contributed by atoms with Gasteiger partial charge in [0.25, 0.3) is 0 Å². The normalized spacial score (nSPS) is 13.2. The van der Waals surface area contributed by atoms with Gasteiger partial charge in [0.15, 0.2) is 11.6 Å². The summed E-state index contributed by atoms with van der Waals surface area (Å²) in [6.07, 6.45) is 13.0. The van der Waals surface area contributed by atoms with Crippen LogP contribution in [0.15, 0.2) is 65.8 Å². The summed E-state index contributed by atoms with van der Waals surface area (Å²) in [6.45, 7) is 2.85. The summed E-state index contributed by atoms with van der Waals surface area (Å²) in [4.78, 5) is 25.6. The van der Waals surface area contributed by atoms with E-state index in [0.717, 1.165) is 24.0 Å². The molecule has 10 heteroatoms. The quantitative estimate of drug-likeness (QED) is 0.383. The summed E-state index contributed by atoms with van der Waals surface area (Å²) in [5.74, 6) is 0.669. The first-order valence-electron chi connectivity index (χ1n) is 9.28. The molecule has 2 N–H and O–H groups in total. The van der Waals surface area contributed by atoms with Crippen molar-refractivity contribution in [2.24, 2.45) is 0 Å². The second-order valence-electron chi connectivity index (χ2n) is 6.39. The van der Waals surface area contributed by atoms with Crippen molar-refractivity contribution in [3.8, 4) is 0 Å². The second-order valence-corrected chi connectivity index (χ2v) is 6.93. The van der Waals surface area contributed by atoms with Crippen LogP contribution in [-0.2, 0) is 16.8 Å². The molecule has 181 valence electrons. The van der Waals surface area contributed by atoms with E-state index in [9.17, 15) is 9.59 Å². The maximum absolute atomic E-state index is 10.8. The Hall–Kier alpha value is -1.54. The molecular formula is C23H25Cl4CoN3O2. The molecule has 2 aliphatic carbocycles. The van der Waals surface area contributed by atoms with Crippen LogP contribution in [0.5, 0.6) is 0 Å². The van der Waals surface area contributed by atoms with E-state index in [4.69, 9.17) is 34.0 Å². The van der Waals surface area contributed by atoms with Crippen LogP contribution in [0, 0.1) is 10.8 Å². The van der Waals surface area contributed by atoms with E-state index in [1.807, 2.05) is 36.5 Å². The molecule has 0 saturated heterocycles. The number of allylic oxidation sites excluding steroid dienone is 8. The molecule has 5 nitrogen and oxygen atoms in total. The summed E-state index contributed by atoms with van der Waals surface area (Å²) in [6, 6.07) is 4.84. The van der Waals surface area contributed by atoms with Crippen molar-refractivity contribution in [1.82, 2.24) is 4.98 Å². The minimum Gasteiger partial charge on any atom is -1.00 e. The number of ketones is 2. The van der Waals surface area contributed by atoms with Crippen molar-refractivity contribution >= 4 is 46.2 Å². The van der Waals surface area contributed by atoms with Gasteiger partial charge in [-0.2, -0.15) is 0 Å². The average molecular weight is 576 g/mol. The summed E-state index contributed by atoms with van der Waals surface area (Å²) in [5.41, 5.74) is 3.85. The molecule has 1 aromatic rings. The van der Waals surface area contributed by atoms with Gasteiger partial charge in [-0.1, -0.05) is 42.5 Å². The standard InChI is InChI=1S/C9H9NO2.2C7H8ClN.2ClH.Co/c1-6(11)8-4-3-5-9(10-8)7(2)12;2*8-5-6-3-1-2-4-7(6)9;;;/h3-5H,1-2H3;2*1-3,9H,4-5H2;2*1H;/q;;;;;+2/p-2. The molecule has 1 heterocycles. The topological polar surface area (TPSA) is 94.7 Å². The predicted molar refractivity (Wildman–Crippen MR) is 125 cm³/mol. The number of rotatable bonds is 4. The Kier molecular flexibility index (Phi) is 21.7. The minimum absolute atomic E-state index is 0. The Morgan fingerprint density at radius 2 is 1.21 bits per heavy atom. The Bertz CT molecular complexity index is 870. The molecule has 0 unspecified atom stereocenters. The Morgan fingerprint density at radius 1 is 0.848 bits per heavy atom. The minimum atomic E-state index is -0.127. The first-order chi connectivity index (χ1) is 14.3. The van der Waals surface area contributed by atoms with Crippen molar-refractivity contribution < 1.29 is 51.2 Å². The summed E-state index contributed by atoms with van der Waals surface area (Å²) >= 11 is 11.1. The fourth-order valence-electron chi connectivity index (χ4n) is 2.28. The molecule has 0 amide bonds. The van der Waals surface area contributed by atoms with Crippen LogP contribution in [0.4, 0.5) is 0 Å². The number of nitrogens with one attached hydrogen (secondary N) is 2. The van der Waals surface area contributed by atoms with Crippen molar-refractivity contribution in [2.75, 3.05) is 11.8 Å². The number of alkyl halides is 2. The van der Waals surface area contributed by atoms with E-state index >= 15 is 0 Å². The number of carbonyl (C=O) groups excluding carboxylic acids is 2. The van der Waals surface area contributed by atoms with Crippen molar-refractivity contribution in [3.63, 3.8) is 0 Å². The Morgan fingerprint density at radius 3 is 1.45 bits per heavy atom. The number of carbonyl (C=O) groups is 2. The third-order valence-electron chi connectivity index (χ3n) is 4.04. The van der Waals surface area contributed by atoms with Gasteiger partial charge in [0.2, 0.25) is 0 Å². The van der Waals surface area contributed by atoms with Gasteiger partial charge >= 0.3 is 16.8 Å². The van der Waals surface area contributed by atoms with Gasteiger partial charge in [-0.05, 0) is 23.3 Å². The third-order valence-corrected chi connectivity index (χ3v) is 4.62. The molecule has 0 spiro atoms. The summed E-state index contributed by atoms with van der Waals surface area (Å²) < 4.78 is 0. The van der Waals surface area contributed by atoms with E-state index in [0.29, 0.717) is 34.6 Å². The first kappa shape index (κ1) is 36.0. The van der Waals surface area contributed by atoms with Crippen LogP contribution in [0.1, 0.15) is 47.7 Å². The van der Waals surface area contributed by atoms with Gasteiger partial charge in [-0.25, -0.2) is 4.98 Å². The average Bonchev–Trinajstić information content (AvgIpc) is 2.75. The van der Waals surface area contributed by atoms with Gasteiger partial charge in [-0.3, -0.25) is 9.59 Å². The fourth-order valence-corrected chi connectivity index (χ4v) is 2.78. The Balaban J connectivity index is -0.000000396. The van der Waals surface area contributed by atoms with Gasteiger partial charge in [0, 0.05) is 49.9 Å². The first-order valence-corrected chi connectivity index (χ1v) is 10.3. The van der Waals surface area contributed by atoms with Gasteiger partial charge in [-0.15, -0.1) is 23.2 Å². The number of pyridine rings is 1. The molecule has 0 aromatic carbocycles. The zero-order valence-electron chi connectivity index (χ0n) is 18.1. The van der Waals surface area contributed by atoms with E-state index in [2.05, 4.69) is 4.98 Å². The Labute approximate surface area is 227 Å². The van der Waals surface area contributed by atoms with Gasteiger partial charge in [0.1, 0.15) is 11.4 Å². The number of nitrogens with zero attached hydrogens (tertiary/aromatic N) is 1. The van der Waals surface area contributed by atoms with Gasteiger partial charge < -0.3 is 35.6 Å². The van der Waals surface area contributed by atoms with E-state index in [1.165, 1.54) is 13.8 Å².